The third kappa shape index (κ3) is 3.91. The van der Waals surface area contributed by atoms with Crippen molar-refractivity contribution in [3.63, 3.8) is 0 Å². The minimum absolute atomic E-state index is 0.455. The fourth-order valence-corrected chi connectivity index (χ4v) is 0.586. The van der Waals surface area contributed by atoms with Gasteiger partial charge < -0.3 is 5.11 Å². The Morgan fingerprint density at radius 2 is 2.25 bits per heavy atom. The molecule has 0 aliphatic heterocycles. The third-order valence-electron chi connectivity index (χ3n) is 0.444. The SMILES string of the molecule is C/C(=C/C(=O)O)I=O. The van der Waals surface area contributed by atoms with E-state index in [1.165, 1.54) is 6.92 Å². The quantitative estimate of drug-likeness (QED) is 0.572. The molecule has 0 unspecified atom stereocenters. The first-order valence-electron chi connectivity index (χ1n) is 1.85. The van der Waals surface area contributed by atoms with E-state index >= 15 is 0 Å². The maximum Gasteiger partial charge on any atom is 0.329 e. The fraction of sp³-hybridized carbons (Fsp3) is 0.250. The van der Waals surface area contributed by atoms with Crippen molar-refractivity contribution >= 4 is 27.2 Å². The maximum absolute atomic E-state index is 9.94. The first-order chi connectivity index (χ1) is 3.66. The number of carbonyl (C=O) groups is 1. The number of rotatable bonds is 2. The lowest BCUT2D eigenvalue weighted by Crippen LogP contribution is -1.85. The molecule has 0 saturated heterocycles. The van der Waals surface area contributed by atoms with Crippen molar-refractivity contribution in [1.29, 1.82) is 0 Å². The van der Waals surface area contributed by atoms with Gasteiger partial charge in [-0.2, -0.15) is 0 Å². The summed E-state index contributed by atoms with van der Waals surface area (Å²) in [5, 5.41) is 8.02. The van der Waals surface area contributed by atoms with Gasteiger partial charge in [0.05, 0.1) is 0 Å². The molecule has 0 radical (unpaired) electrons. The van der Waals surface area contributed by atoms with E-state index in [1.807, 2.05) is 0 Å². The van der Waals surface area contributed by atoms with Crippen LogP contribution < -0.4 is 0 Å². The van der Waals surface area contributed by atoms with E-state index in [4.69, 9.17) is 5.11 Å². The van der Waals surface area contributed by atoms with E-state index in [0.29, 0.717) is 3.58 Å². The van der Waals surface area contributed by atoms with E-state index < -0.39 is 27.2 Å². The minimum Gasteiger partial charge on any atom is -0.478 e. The normalized spacial score (nSPS) is 11.4. The second kappa shape index (κ2) is 3.71. The second-order valence-electron chi connectivity index (χ2n) is 1.15. The van der Waals surface area contributed by atoms with Gasteiger partial charge in [-0.3, -0.25) is 3.07 Å². The summed E-state index contributed by atoms with van der Waals surface area (Å²) in [7, 11) is 0. The van der Waals surface area contributed by atoms with Gasteiger partial charge in [0.1, 0.15) is 0 Å². The average Bonchev–Trinajstić information content (AvgIpc) is 1.65. The van der Waals surface area contributed by atoms with Crippen molar-refractivity contribution in [1.82, 2.24) is 0 Å². The van der Waals surface area contributed by atoms with Crippen LogP contribution in [0.1, 0.15) is 6.92 Å². The Bertz CT molecular complexity index is 138. The van der Waals surface area contributed by atoms with Gasteiger partial charge in [-0.05, 0) is 6.92 Å². The van der Waals surface area contributed by atoms with Gasteiger partial charge in [0.2, 0.25) is 0 Å². The van der Waals surface area contributed by atoms with Gasteiger partial charge in [-0.1, -0.05) is 0 Å². The van der Waals surface area contributed by atoms with Crippen LogP contribution >= 0.6 is 21.2 Å². The van der Waals surface area contributed by atoms with Crippen molar-refractivity contribution in [3.8, 4) is 0 Å². The second-order valence-corrected chi connectivity index (χ2v) is 3.29. The molecule has 0 heterocycles. The molecule has 46 valence electrons. The molecule has 0 aromatic carbocycles. The smallest absolute Gasteiger partial charge is 0.329 e. The van der Waals surface area contributed by atoms with Gasteiger partial charge in [0, 0.05) is 9.66 Å². The lowest BCUT2D eigenvalue weighted by atomic mass is 10.5. The molecule has 0 aliphatic rings. The maximum atomic E-state index is 9.94. The molecular weight excluding hydrogens is 223 g/mol. The van der Waals surface area contributed by atoms with E-state index in [0.717, 1.165) is 6.08 Å². The summed E-state index contributed by atoms with van der Waals surface area (Å²) in [5.74, 6) is -1.03. The molecule has 4 heteroatoms. The molecule has 0 fully saturated rings. The number of hydrogen-bond donors (Lipinski definition) is 1. The zero-order valence-electron chi connectivity index (χ0n) is 4.22. The van der Waals surface area contributed by atoms with Gasteiger partial charge in [-0.15, -0.1) is 0 Å². The molecule has 0 spiro atoms. The summed E-state index contributed by atoms with van der Waals surface area (Å²) >= 11 is -1.26. The monoisotopic (exact) mass is 228 g/mol. The van der Waals surface area contributed by atoms with E-state index in [1.54, 1.807) is 0 Å². The number of aliphatic carboxylic acids is 1. The summed E-state index contributed by atoms with van der Waals surface area (Å²) < 4.78 is 10.4. The van der Waals surface area contributed by atoms with Crippen LogP contribution in [0.15, 0.2) is 9.66 Å². The van der Waals surface area contributed by atoms with Crippen molar-refractivity contribution in [2.45, 2.75) is 6.92 Å². The number of allylic oxidation sites excluding steroid dienone is 1. The third-order valence-corrected chi connectivity index (χ3v) is 1.45. The summed E-state index contributed by atoms with van der Waals surface area (Å²) in [6.45, 7) is 1.54. The molecule has 0 aromatic heterocycles. The Labute approximate surface area is 57.0 Å². The number of halogens is 1. The average molecular weight is 228 g/mol. The Hall–Kier alpha value is -0.260. The molecule has 0 saturated carbocycles. The molecule has 3 nitrogen and oxygen atoms in total. The Balaban J connectivity index is 3.94. The van der Waals surface area contributed by atoms with Crippen LogP contribution in [0.2, 0.25) is 0 Å². The molecule has 1 N–H and O–H groups in total. The lowest BCUT2D eigenvalue weighted by Gasteiger charge is -1.77. The van der Waals surface area contributed by atoms with Gasteiger partial charge in [0.25, 0.3) is 0 Å². The zero-order valence-corrected chi connectivity index (χ0v) is 6.38. The van der Waals surface area contributed by atoms with Crippen molar-refractivity contribution in [3.05, 3.63) is 9.66 Å². The summed E-state index contributed by atoms with van der Waals surface area (Å²) in [6, 6.07) is 0. The first-order valence-corrected chi connectivity index (χ1v) is 3.81. The number of carboxylic acid groups (broad SMARTS) is 1. The number of hydrogen-bond acceptors (Lipinski definition) is 2. The van der Waals surface area contributed by atoms with E-state index in [9.17, 15) is 7.86 Å². The highest BCUT2D eigenvalue weighted by atomic mass is 127. The zero-order chi connectivity index (χ0) is 6.57. The first kappa shape index (κ1) is 7.74. The van der Waals surface area contributed by atoms with Gasteiger partial charge in [-0.25, -0.2) is 4.79 Å². The van der Waals surface area contributed by atoms with Crippen molar-refractivity contribution in [2.24, 2.45) is 0 Å². The number of carboxylic acids is 1. The Morgan fingerprint density at radius 3 is 2.38 bits per heavy atom. The van der Waals surface area contributed by atoms with Crippen LogP contribution in [0.5, 0.6) is 0 Å². The highest BCUT2D eigenvalue weighted by Gasteiger charge is 1.89. The molecule has 0 amide bonds. The molecule has 0 aliphatic carbocycles. The highest BCUT2D eigenvalue weighted by Crippen LogP contribution is 2.08. The topological polar surface area (TPSA) is 54.4 Å². The molecule has 0 bridgehead atoms. The van der Waals surface area contributed by atoms with Crippen LogP contribution in [0.4, 0.5) is 0 Å². The molecular formula is C4H5IO3. The molecule has 8 heavy (non-hydrogen) atoms. The minimum atomic E-state index is -1.26. The van der Waals surface area contributed by atoms with Crippen molar-refractivity contribution < 1.29 is 13.0 Å². The van der Waals surface area contributed by atoms with Crippen LogP contribution in [0, 0.1) is 0 Å². The highest BCUT2D eigenvalue weighted by molar-refractivity contribution is 14.2. The Morgan fingerprint density at radius 1 is 1.75 bits per heavy atom. The van der Waals surface area contributed by atoms with E-state index in [2.05, 4.69) is 0 Å². The van der Waals surface area contributed by atoms with Crippen LogP contribution in [0.25, 0.3) is 0 Å². The van der Waals surface area contributed by atoms with Crippen LogP contribution in [-0.4, -0.2) is 11.1 Å². The summed E-state index contributed by atoms with van der Waals surface area (Å²) in [5.41, 5.74) is 0. The molecule has 0 aromatic rings. The molecule has 0 rings (SSSR count). The van der Waals surface area contributed by atoms with Gasteiger partial charge in [0.15, 0.2) is 21.2 Å². The predicted molar refractivity (Wildman–Crippen MR) is 36.1 cm³/mol. The lowest BCUT2D eigenvalue weighted by molar-refractivity contribution is -0.131. The van der Waals surface area contributed by atoms with Crippen LogP contribution in [-0.2, 0) is 7.86 Å². The summed E-state index contributed by atoms with van der Waals surface area (Å²) in [4.78, 5) is 9.77. The van der Waals surface area contributed by atoms with Gasteiger partial charge >= 0.3 is 5.97 Å². The van der Waals surface area contributed by atoms with Crippen molar-refractivity contribution in [2.75, 3.05) is 0 Å². The van der Waals surface area contributed by atoms with E-state index in [-0.39, 0.29) is 0 Å². The predicted octanol–water partition coefficient (Wildman–Crippen LogP) is 1.29. The standard InChI is InChI=1S/C4H5IO3/c1-3(5-8)2-4(6)7/h2H,1H3,(H,6,7)/b3-2-. The Kier molecular flexibility index (Phi) is 3.59. The fourth-order valence-electron chi connectivity index (χ4n) is 0.192. The molecule has 0 atom stereocenters. The van der Waals surface area contributed by atoms with Crippen LogP contribution in [0.3, 0.4) is 0 Å². The largest absolute Gasteiger partial charge is 0.478 e. The summed E-state index contributed by atoms with van der Waals surface area (Å²) in [6.07, 6.45) is 0.959.